The molecule has 0 aliphatic carbocycles. The van der Waals surface area contributed by atoms with Gasteiger partial charge in [-0.2, -0.15) is 0 Å². The summed E-state index contributed by atoms with van der Waals surface area (Å²) >= 11 is 0. The SMILES string of the molecule is C/C=C/C(=O)OC(CC)[Si][Si](OCC)(OCC)OOCC. The lowest BCUT2D eigenvalue weighted by molar-refractivity contribution is -0.241. The summed E-state index contributed by atoms with van der Waals surface area (Å²) in [5.74, 6) is -0.371. The van der Waals surface area contributed by atoms with Gasteiger partial charge in [0.1, 0.15) is 0 Å². The Morgan fingerprint density at radius 2 is 1.76 bits per heavy atom. The Morgan fingerprint density at radius 3 is 2.19 bits per heavy atom. The van der Waals surface area contributed by atoms with Gasteiger partial charge in [0.25, 0.3) is 0 Å². The zero-order valence-corrected chi connectivity index (χ0v) is 15.5. The van der Waals surface area contributed by atoms with Crippen LogP contribution in [0.3, 0.4) is 0 Å². The number of hydrogen-bond donors (Lipinski definition) is 0. The second-order valence-corrected chi connectivity index (χ2v) is 9.38. The Kier molecular flexibility index (Phi) is 11.8. The lowest BCUT2D eigenvalue weighted by Gasteiger charge is -2.29. The molecule has 21 heavy (non-hydrogen) atoms. The Morgan fingerprint density at radius 1 is 1.14 bits per heavy atom. The van der Waals surface area contributed by atoms with Crippen molar-refractivity contribution in [3.63, 3.8) is 0 Å². The topological polar surface area (TPSA) is 63.2 Å². The number of ether oxygens (including phenoxy) is 1. The first-order chi connectivity index (χ1) is 10.1. The lowest BCUT2D eigenvalue weighted by atomic mass is 10.5. The predicted octanol–water partition coefficient (Wildman–Crippen LogP) is 2.02. The Labute approximate surface area is 130 Å². The van der Waals surface area contributed by atoms with Gasteiger partial charge >= 0.3 is 14.3 Å². The van der Waals surface area contributed by atoms with Crippen LogP contribution in [-0.2, 0) is 27.8 Å². The van der Waals surface area contributed by atoms with E-state index in [9.17, 15) is 4.79 Å². The second kappa shape index (κ2) is 12.1. The fraction of sp³-hybridized carbons (Fsp3) is 0.769. The van der Waals surface area contributed by atoms with Gasteiger partial charge in [0.2, 0.25) is 9.04 Å². The largest absolute Gasteiger partial charge is 0.499 e. The van der Waals surface area contributed by atoms with Crippen LogP contribution in [0.4, 0.5) is 0 Å². The van der Waals surface area contributed by atoms with Crippen molar-refractivity contribution in [1.82, 2.24) is 0 Å². The van der Waals surface area contributed by atoms with Crippen LogP contribution < -0.4 is 0 Å². The maximum absolute atomic E-state index is 11.6. The van der Waals surface area contributed by atoms with Crippen molar-refractivity contribution in [3.05, 3.63) is 12.2 Å². The zero-order chi connectivity index (χ0) is 16.1. The third kappa shape index (κ3) is 8.49. The monoisotopic (exact) mass is 334 g/mol. The van der Waals surface area contributed by atoms with E-state index in [0.29, 0.717) is 26.2 Å². The molecule has 1 atom stereocenters. The molecule has 0 saturated carbocycles. The van der Waals surface area contributed by atoms with Crippen molar-refractivity contribution in [3.8, 4) is 0 Å². The molecule has 8 heteroatoms. The first-order valence-electron chi connectivity index (χ1n) is 7.26. The maximum atomic E-state index is 11.6. The molecule has 0 rings (SSSR count). The van der Waals surface area contributed by atoms with Crippen molar-refractivity contribution in [2.75, 3.05) is 19.8 Å². The highest BCUT2D eigenvalue weighted by atomic mass is 29.2. The van der Waals surface area contributed by atoms with Gasteiger partial charge in [-0.15, -0.1) is 0 Å². The highest BCUT2D eigenvalue weighted by Gasteiger charge is 2.46. The molecule has 122 valence electrons. The van der Waals surface area contributed by atoms with Gasteiger partial charge in [0.05, 0.1) is 12.3 Å². The summed E-state index contributed by atoms with van der Waals surface area (Å²) in [5, 5.41) is 0. The highest BCUT2D eigenvalue weighted by Crippen LogP contribution is 2.14. The molecule has 2 radical (unpaired) electrons. The van der Waals surface area contributed by atoms with Crippen LogP contribution in [0.2, 0.25) is 0 Å². The number of allylic oxidation sites excluding steroid dienone is 1. The van der Waals surface area contributed by atoms with E-state index in [1.165, 1.54) is 6.08 Å². The molecule has 0 N–H and O–H groups in total. The van der Waals surface area contributed by atoms with Crippen LogP contribution in [0.5, 0.6) is 0 Å². The van der Waals surface area contributed by atoms with E-state index in [1.54, 1.807) is 13.0 Å². The molecule has 0 fully saturated rings. The molecule has 0 aromatic rings. The molecule has 0 aromatic carbocycles. The molecule has 0 aliphatic rings. The normalized spacial score (nSPS) is 13.6. The molecule has 1 unspecified atom stereocenters. The summed E-state index contributed by atoms with van der Waals surface area (Å²) in [7, 11) is -2.91. The summed E-state index contributed by atoms with van der Waals surface area (Å²) < 4.78 is 22.3. The summed E-state index contributed by atoms with van der Waals surface area (Å²) in [6.45, 7) is 10.6. The van der Waals surface area contributed by atoms with Gasteiger partial charge in [-0.1, -0.05) is 13.0 Å². The molecule has 0 spiro atoms. The fourth-order valence-corrected chi connectivity index (χ4v) is 7.30. The summed E-state index contributed by atoms with van der Waals surface area (Å²) in [6, 6.07) is 0. The van der Waals surface area contributed by atoms with Crippen LogP contribution in [0, 0.1) is 0 Å². The van der Waals surface area contributed by atoms with Gasteiger partial charge in [0, 0.05) is 19.3 Å². The molecule has 0 amide bonds. The van der Waals surface area contributed by atoms with Crippen molar-refractivity contribution < 1.29 is 27.8 Å². The third-order valence-corrected chi connectivity index (χ3v) is 8.24. The molecule has 0 saturated heterocycles. The van der Waals surface area contributed by atoms with Crippen LogP contribution in [-0.4, -0.2) is 48.9 Å². The quantitative estimate of drug-likeness (QED) is 0.179. The number of esters is 1. The Hall–Kier alpha value is -0.516. The van der Waals surface area contributed by atoms with Gasteiger partial charge < -0.3 is 13.6 Å². The van der Waals surface area contributed by atoms with Gasteiger partial charge in [-0.3, -0.25) is 0 Å². The summed E-state index contributed by atoms with van der Waals surface area (Å²) in [6.07, 6.45) is 3.69. The minimum atomic E-state index is -2.99. The first kappa shape index (κ1) is 20.5. The minimum Gasteiger partial charge on any atom is -0.464 e. The number of carbonyl (C=O) groups excluding carboxylic acids is 1. The molecular formula is C13H26O6Si2. The average molecular weight is 335 g/mol. The number of rotatable bonds is 12. The molecule has 0 heterocycles. The predicted molar refractivity (Wildman–Crippen MR) is 82.5 cm³/mol. The van der Waals surface area contributed by atoms with Crippen molar-refractivity contribution in [2.24, 2.45) is 0 Å². The summed E-state index contributed by atoms with van der Waals surface area (Å²) in [5.41, 5.74) is -0.307. The van der Waals surface area contributed by atoms with E-state index in [-0.39, 0.29) is 20.7 Å². The number of hydrogen-bond acceptors (Lipinski definition) is 6. The molecule has 0 aromatic heterocycles. The second-order valence-electron chi connectivity index (χ2n) is 3.89. The molecule has 6 nitrogen and oxygen atoms in total. The molecule has 0 bridgehead atoms. The number of carbonyl (C=O) groups is 1. The van der Waals surface area contributed by atoms with Gasteiger partial charge in [-0.05, 0) is 34.1 Å². The van der Waals surface area contributed by atoms with E-state index in [0.717, 1.165) is 0 Å². The van der Waals surface area contributed by atoms with Crippen molar-refractivity contribution in [2.45, 2.75) is 46.8 Å². The van der Waals surface area contributed by atoms with Crippen LogP contribution in [0.1, 0.15) is 41.0 Å². The zero-order valence-electron chi connectivity index (χ0n) is 13.5. The smallest absolute Gasteiger partial charge is 0.464 e. The van der Waals surface area contributed by atoms with Crippen LogP contribution >= 0.6 is 0 Å². The van der Waals surface area contributed by atoms with Gasteiger partial charge in [0.15, 0.2) is 0 Å². The van der Waals surface area contributed by atoms with E-state index < -0.39 is 8.32 Å². The van der Waals surface area contributed by atoms with E-state index in [4.69, 9.17) is 23.1 Å². The van der Waals surface area contributed by atoms with E-state index in [2.05, 4.69) is 0 Å². The van der Waals surface area contributed by atoms with Crippen molar-refractivity contribution >= 4 is 23.3 Å². The molecular weight excluding hydrogens is 308 g/mol. The van der Waals surface area contributed by atoms with Crippen molar-refractivity contribution in [1.29, 1.82) is 0 Å². The van der Waals surface area contributed by atoms with Gasteiger partial charge in [-0.25, -0.2) is 14.3 Å². The Balaban J connectivity index is 4.89. The van der Waals surface area contributed by atoms with E-state index >= 15 is 0 Å². The summed E-state index contributed by atoms with van der Waals surface area (Å²) in [4.78, 5) is 16.7. The standard InChI is InChI=1S/C13H26O6Si2/c1-6-11-12(14)18-13(7-2)20-21(16-9-4,17-10-5)19-15-8-3/h6,11,13H,7-10H2,1-5H3/b11-6+. The minimum absolute atomic E-state index is 0.0757. The lowest BCUT2D eigenvalue weighted by Crippen LogP contribution is -2.56. The molecule has 0 aliphatic heterocycles. The highest BCUT2D eigenvalue weighted by molar-refractivity contribution is 7.15. The fourth-order valence-electron chi connectivity index (χ4n) is 1.44. The van der Waals surface area contributed by atoms with E-state index in [1.807, 2.05) is 27.7 Å². The van der Waals surface area contributed by atoms with Crippen LogP contribution in [0.25, 0.3) is 0 Å². The Bertz CT molecular complexity index is 305. The average Bonchev–Trinajstić information content (AvgIpc) is 2.45. The first-order valence-corrected chi connectivity index (χ1v) is 11.1. The maximum Gasteiger partial charge on any atom is 0.499 e. The third-order valence-electron chi connectivity index (χ3n) is 2.22. The van der Waals surface area contributed by atoms with Crippen LogP contribution in [0.15, 0.2) is 12.2 Å².